The quantitative estimate of drug-likeness (QED) is 0.558. The van der Waals surface area contributed by atoms with Crippen molar-refractivity contribution in [2.75, 3.05) is 6.61 Å². The second kappa shape index (κ2) is 5.79. The van der Waals surface area contributed by atoms with Crippen molar-refractivity contribution in [2.45, 2.75) is 38.3 Å². The number of amides is 1. The average molecular weight is 238 g/mol. The van der Waals surface area contributed by atoms with E-state index in [0.29, 0.717) is 12.6 Å². The highest BCUT2D eigenvalue weighted by Crippen LogP contribution is 2.28. The maximum absolute atomic E-state index is 10.4. The third kappa shape index (κ3) is 3.54. The van der Waals surface area contributed by atoms with E-state index in [1.54, 1.807) is 0 Å². The van der Waals surface area contributed by atoms with Crippen molar-refractivity contribution in [2.24, 2.45) is 5.73 Å². The summed E-state index contributed by atoms with van der Waals surface area (Å²) < 4.78 is 2.03. The number of hydrogen-bond acceptors (Lipinski definition) is 4. The Morgan fingerprint density at radius 1 is 1.59 bits per heavy atom. The molecule has 0 atom stereocenters. The van der Waals surface area contributed by atoms with E-state index in [1.807, 2.05) is 16.9 Å². The molecule has 1 saturated carbocycles. The zero-order valence-electron chi connectivity index (χ0n) is 9.76. The number of hydroxylamine groups is 1. The lowest BCUT2D eigenvalue weighted by atomic mass is 10.3. The summed E-state index contributed by atoms with van der Waals surface area (Å²) in [5.41, 5.74) is 8.50. The summed E-state index contributed by atoms with van der Waals surface area (Å²) in [5, 5.41) is 4.47. The smallest absolute Gasteiger partial charge is 0.245 e. The maximum atomic E-state index is 10.4. The number of nitrogens with one attached hydrogen (secondary N) is 1. The number of aromatic nitrogens is 2. The van der Waals surface area contributed by atoms with Gasteiger partial charge in [-0.15, -0.1) is 0 Å². The molecule has 3 N–H and O–H groups in total. The van der Waals surface area contributed by atoms with E-state index in [1.165, 1.54) is 25.7 Å². The van der Waals surface area contributed by atoms with Gasteiger partial charge in [-0.3, -0.25) is 14.3 Å². The van der Waals surface area contributed by atoms with Crippen LogP contribution in [0.5, 0.6) is 0 Å². The van der Waals surface area contributed by atoms with Crippen LogP contribution >= 0.6 is 0 Å². The van der Waals surface area contributed by atoms with E-state index in [-0.39, 0.29) is 6.61 Å². The van der Waals surface area contributed by atoms with Crippen molar-refractivity contribution in [3.8, 4) is 0 Å². The molecule has 0 unspecified atom stereocenters. The van der Waals surface area contributed by atoms with Gasteiger partial charge in [0.1, 0.15) is 6.61 Å². The summed E-state index contributed by atoms with van der Waals surface area (Å²) in [7, 11) is 0. The molecule has 0 saturated heterocycles. The summed E-state index contributed by atoms with van der Waals surface area (Å²) in [5.74, 6) is -0.492. The molecule has 1 aliphatic rings. The molecule has 0 aromatic carbocycles. The second-order valence-electron chi connectivity index (χ2n) is 4.30. The zero-order valence-corrected chi connectivity index (χ0v) is 9.76. The Morgan fingerprint density at radius 2 is 2.35 bits per heavy atom. The fourth-order valence-corrected chi connectivity index (χ4v) is 2.09. The van der Waals surface area contributed by atoms with Crippen LogP contribution < -0.4 is 11.2 Å². The molecule has 6 nitrogen and oxygen atoms in total. The molecule has 1 aromatic heterocycles. The van der Waals surface area contributed by atoms with Gasteiger partial charge in [-0.1, -0.05) is 12.8 Å². The Hall–Kier alpha value is -1.40. The van der Waals surface area contributed by atoms with Crippen LogP contribution in [0.25, 0.3) is 0 Å². The van der Waals surface area contributed by atoms with Gasteiger partial charge in [0.05, 0.1) is 18.3 Å². The van der Waals surface area contributed by atoms with Crippen LogP contribution in [0.1, 0.15) is 37.4 Å². The summed E-state index contributed by atoms with van der Waals surface area (Å²) in [6.45, 7) is 0.357. The van der Waals surface area contributed by atoms with Gasteiger partial charge in [0.25, 0.3) is 0 Å². The molecule has 0 radical (unpaired) electrons. The van der Waals surface area contributed by atoms with Crippen molar-refractivity contribution >= 4 is 5.91 Å². The van der Waals surface area contributed by atoms with E-state index in [9.17, 15) is 4.79 Å². The molecule has 0 aliphatic heterocycles. The summed E-state index contributed by atoms with van der Waals surface area (Å²) >= 11 is 0. The van der Waals surface area contributed by atoms with Gasteiger partial charge in [0.2, 0.25) is 5.91 Å². The van der Waals surface area contributed by atoms with Gasteiger partial charge in [-0.25, -0.2) is 0 Å². The van der Waals surface area contributed by atoms with Crippen molar-refractivity contribution in [3.05, 3.63) is 18.0 Å². The van der Waals surface area contributed by atoms with Crippen LogP contribution in [0.3, 0.4) is 0 Å². The molecule has 17 heavy (non-hydrogen) atoms. The highest BCUT2D eigenvalue weighted by Gasteiger charge is 2.17. The molecule has 1 heterocycles. The number of nitrogens with zero attached hydrogens (tertiary/aromatic N) is 2. The lowest BCUT2D eigenvalue weighted by molar-refractivity contribution is -0.125. The Bertz CT molecular complexity index is 371. The first-order chi connectivity index (χ1) is 8.25. The van der Waals surface area contributed by atoms with Gasteiger partial charge in [-0.2, -0.15) is 10.6 Å². The topological polar surface area (TPSA) is 82.2 Å². The molecule has 1 aromatic rings. The number of hydrogen-bond donors (Lipinski definition) is 2. The van der Waals surface area contributed by atoms with Gasteiger partial charge < -0.3 is 5.73 Å². The lowest BCUT2D eigenvalue weighted by Gasteiger charge is -2.08. The third-order valence-electron chi connectivity index (χ3n) is 2.93. The minimum atomic E-state index is -0.492. The second-order valence-corrected chi connectivity index (χ2v) is 4.30. The van der Waals surface area contributed by atoms with Crippen molar-refractivity contribution in [3.63, 3.8) is 0 Å². The number of primary amides is 1. The normalized spacial score (nSPS) is 16.5. The summed E-state index contributed by atoms with van der Waals surface area (Å²) in [4.78, 5) is 15.3. The zero-order chi connectivity index (χ0) is 12.1. The fraction of sp³-hybridized carbons (Fsp3) is 0.636. The van der Waals surface area contributed by atoms with Crippen LogP contribution in [0.4, 0.5) is 0 Å². The van der Waals surface area contributed by atoms with Crippen molar-refractivity contribution < 1.29 is 9.63 Å². The van der Waals surface area contributed by atoms with Crippen LogP contribution in [0, 0.1) is 0 Å². The van der Waals surface area contributed by atoms with Crippen LogP contribution in [-0.2, 0) is 16.2 Å². The number of rotatable bonds is 6. The fourth-order valence-electron chi connectivity index (χ4n) is 2.09. The minimum absolute atomic E-state index is 0.122. The Balaban J connectivity index is 1.75. The highest BCUT2D eigenvalue weighted by atomic mass is 16.6. The Morgan fingerprint density at radius 3 is 3.06 bits per heavy atom. The third-order valence-corrected chi connectivity index (χ3v) is 2.93. The van der Waals surface area contributed by atoms with Crippen molar-refractivity contribution in [1.29, 1.82) is 0 Å². The predicted molar refractivity (Wildman–Crippen MR) is 61.7 cm³/mol. The summed E-state index contributed by atoms with van der Waals surface area (Å²) in [6, 6.07) is 2.51. The molecule has 0 spiro atoms. The first-order valence-corrected chi connectivity index (χ1v) is 5.92. The standard InChI is InChI=1S/C11H18N4O2/c12-11(16)8-17-13-7-9-5-6-15(14-9)10-3-1-2-4-10/h5-6,10,13H,1-4,7-8H2,(H2,12,16). The minimum Gasteiger partial charge on any atom is -0.368 e. The van der Waals surface area contributed by atoms with E-state index < -0.39 is 5.91 Å². The number of carbonyl (C=O) groups excluding carboxylic acids is 1. The number of carbonyl (C=O) groups is 1. The molecule has 94 valence electrons. The van der Waals surface area contributed by atoms with E-state index in [0.717, 1.165) is 5.69 Å². The van der Waals surface area contributed by atoms with Crippen LogP contribution in [0.2, 0.25) is 0 Å². The van der Waals surface area contributed by atoms with E-state index in [4.69, 9.17) is 10.6 Å². The average Bonchev–Trinajstić information content (AvgIpc) is 2.94. The van der Waals surface area contributed by atoms with Crippen LogP contribution in [-0.4, -0.2) is 22.3 Å². The van der Waals surface area contributed by atoms with Gasteiger partial charge in [0, 0.05) is 6.20 Å². The molecule has 1 fully saturated rings. The van der Waals surface area contributed by atoms with Crippen molar-refractivity contribution in [1.82, 2.24) is 15.3 Å². The molecule has 2 rings (SSSR count). The summed E-state index contributed by atoms with van der Waals surface area (Å²) in [6.07, 6.45) is 7.01. The van der Waals surface area contributed by atoms with Gasteiger partial charge in [0.15, 0.2) is 0 Å². The SMILES string of the molecule is NC(=O)CONCc1ccn(C2CCCC2)n1. The van der Waals surface area contributed by atoms with Crippen LogP contribution in [0.15, 0.2) is 12.3 Å². The Labute approximate surface area is 100 Å². The molecule has 6 heteroatoms. The molecule has 1 aliphatic carbocycles. The van der Waals surface area contributed by atoms with E-state index >= 15 is 0 Å². The maximum Gasteiger partial charge on any atom is 0.245 e. The number of nitrogens with two attached hydrogens (primary N) is 1. The monoisotopic (exact) mass is 238 g/mol. The molecule has 0 bridgehead atoms. The highest BCUT2D eigenvalue weighted by molar-refractivity contribution is 5.74. The van der Waals surface area contributed by atoms with Gasteiger partial charge >= 0.3 is 0 Å². The lowest BCUT2D eigenvalue weighted by Crippen LogP contribution is -2.24. The Kier molecular flexibility index (Phi) is 4.11. The first-order valence-electron chi connectivity index (χ1n) is 5.92. The molecular weight excluding hydrogens is 220 g/mol. The molecule has 1 amide bonds. The first kappa shape index (κ1) is 12.1. The van der Waals surface area contributed by atoms with Gasteiger partial charge in [-0.05, 0) is 18.9 Å². The largest absolute Gasteiger partial charge is 0.368 e. The van der Waals surface area contributed by atoms with E-state index in [2.05, 4.69) is 10.6 Å². The molecular formula is C11H18N4O2. The predicted octanol–water partition coefficient (Wildman–Crippen LogP) is 0.505.